The predicted molar refractivity (Wildman–Crippen MR) is 108 cm³/mol. The topological polar surface area (TPSA) is 50.4 Å². The first kappa shape index (κ1) is 20.0. The number of ether oxygens (including phenoxy) is 1. The number of hydrogen-bond acceptors (Lipinski definition) is 3. The molecule has 1 saturated heterocycles. The predicted octanol–water partition coefficient (Wildman–Crippen LogP) is 3.91. The van der Waals surface area contributed by atoms with E-state index >= 15 is 0 Å². The Bertz CT molecular complexity index is 705. The van der Waals surface area contributed by atoms with Crippen LogP contribution in [-0.4, -0.2) is 32.1 Å². The van der Waals surface area contributed by atoms with Gasteiger partial charge in [0.15, 0.2) is 6.61 Å². The van der Waals surface area contributed by atoms with Crippen LogP contribution in [0.25, 0.3) is 10.8 Å². The maximum absolute atomic E-state index is 11.9. The molecule has 2 N–H and O–H groups in total. The smallest absolute Gasteiger partial charge is 0.257 e. The maximum Gasteiger partial charge on any atom is 0.257 e. The number of rotatable bonds is 6. The van der Waals surface area contributed by atoms with Crippen LogP contribution in [0.2, 0.25) is 0 Å². The lowest BCUT2D eigenvalue weighted by Gasteiger charge is -2.22. The molecule has 136 valence electrons. The number of amides is 1. The van der Waals surface area contributed by atoms with Crippen molar-refractivity contribution in [3.8, 4) is 5.75 Å². The van der Waals surface area contributed by atoms with Gasteiger partial charge in [0.05, 0.1) is 0 Å². The standard InChI is InChI=1S/C19H23BrN2O2.ClH/c20-17-5-3-16-11-18(6-4-15(16)10-17)24-13-19(23)22-9-7-14-2-1-8-21-12-14;/h3-6,10-11,14,21H,1-2,7-9,12-13H2,(H,22,23);1H. The number of nitrogens with one attached hydrogen (secondary N) is 2. The van der Waals surface area contributed by atoms with Crippen LogP contribution < -0.4 is 15.4 Å². The number of fused-ring (bicyclic) bond motifs is 1. The summed E-state index contributed by atoms with van der Waals surface area (Å²) in [5.74, 6) is 1.34. The van der Waals surface area contributed by atoms with Crippen LogP contribution in [0.3, 0.4) is 0 Å². The lowest BCUT2D eigenvalue weighted by Crippen LogP contribution is -2.34. The molecule has 1 amide bonds. The zero-order chi connectivity index (χ0) is 16.8. The number of benzene rings is 2. The Morgan fingerprint density at radius 2 is 2.04 bits per heavy atom. The second-order valence-corrected chi connectivity index (χ2v) is 7.21. The van der Waals surface area contributed by atoms with Crippen molar-refractivity contribution in [3.63, 3.8) is 0 Å². The molecule has 0 spiro atoms. The molecule has 0 radical (unpaired) electrons. The molecular formula is C19H24BrClN2O2. The molecule has 3 rings (SSSR count). The quantitative estimate of drug-likeness (QED) is 0.735. The first-order valence-electron chi connectivity index (χ1n) is 8.50. The number of carbonyl (C=O) groups excluding carboxylic acids is 1. The number of carbonyl (C=O) groups is 1. The van der Waals surface area contributed by atoms with E-state index in [2.05, 4.69) is 32.6 Å². The third-order valence-electron chi connectivity index (χ3n) is 4.42. The van der Waals surface area contributed by atoms with E-state index in [1.165, 1.54) is 12.8 Å². The van der Waals surface area contributed by atoms with Crippen molar-refractivity contribution in [2.24, 2.45) is 5.92 Å². The third kappa shape index (κ3) is 6.17. The van der Waals surface area contributed by atoms with Gasteiger partial charge in [-0.2, -0.15) is 0 Å². The van der Waals surface area contributed by atoms with E-state index in [9.17, 15) is 4.79 Å². The van der Waals surface area contributed by atoms with Gasteiger partial charge in [-0.25, -0.2) is 0 Å². The number of halogens is 2. The average molecular weight is 428 g/mol. The summed E-state index contributed by atoms with van der Waals surface area (Å²) in [6, 6.07) is 12.0. The van der Waals surface area contributed by atoms with Crippen LogP contribution in [0.1, 0.15) is 19.3 Å². The molecule has 1 aliphatic rings. The summed E-state index contributed by atoms with van der Waals surface area (Å²) in [5.41, 5.74) is 0. The van der Waals surface area contributed by atoms with Gasteiger partial charge in [0.25, 0.3) is 5.91 Å². The Morgan fingerprint density at radius 1 is 1.24 bits per heavy atom. The monoisotopic (exact) mass is 426 g/mol. The van der Waals surface area contributed by atoms with Gasteiger partial charge in [-0.15, -0.1) is 12.4 Å². The summed E-state index contributed by atoms with van der Waals surface area (Å²) in [5, 5.41) is 8.58. The Morgan fingerprint density at radius 3 is 2.84 bits per heavy atom. The van der Waals surface area contributed by atoms with Crippen LogP contribution in [0, 0.1) is 5.92 Å². The molecule has 1 heterocycles. The molecule has 2 aromatic rings. The maximum atomic E-state index is 11.9. The second-order valence-electron chi connectivity index (χ2n) is 6.29. The molecule has 1 aliphatic heterocycles. The summed E-state index contributed by atoms with van der Waals surface area (Å²) in [6.07, 6.45) is 3.52. The molecule has 0 bridgehead atoms. The Hall–Kier alpha value is -1.30. The molecule has 1 fully saturated rings. The number of hydrogen-bond donors (Lipinski definition) is 2. The molecule has 0 aliphatic carbocycles. The largest absolute Gasteiger partial charge is 0.484 e. The molecule has 1 unspecified atom stereocenters. The van der Waals surface area contributed by atoms with E-state index in [1.807, 2.05) is 30.3 Å². The van der Waals surface area contributed by atoms with Gasteiger partial charge in [-0.1, -0.05) is 28.1 Å². The summed E-state index contributed by atoms with van der Waals surface area (Å²) in [7, 11) is 0. The first-order valence-corrected chi connectivity index (χ1v) is 9.29. The fourth-order valence-electron chi connectivity index (χ4n) is 3.07. The van der Waals surface area contributed by atoms with E-state index in [1.54, 1.807) is 0 Å². The number of piperidine rings is 1. The Balaban J connectivity index is 0.00000225. The van der Waals surface area contributed by atoms with Crippen LogP contribution in [0.4, 0.5) is 0 Å². The van der Waals surface area contributed by atoms with Gasteiger partial charge in [-0.3, -0.25) is 4.79 Å². The molecule has 2 aromatic carbocycles. The van der Waals surface area contributed by atoms with E-state index in [4.69, 9.17) is 4.74 Å². The summed E-state index contributed by atoms with van der Waals surface area (Å²) < 4.78 is 6.66. The summed E-state index contributed by atoms with van der Waals surface area (Å²) in [4.78, 5) is 11.9. The van der Waals surface area contributed by atoms with E-state index < -0.39 is 0 Å². The molecule has 6 heteroatoms. The summed E-state index contributed by atoms with van der Waals surface area (Å²) in [6.45, 7) is 2.98. The lowest BCUT2D eigenvalue weighted by atomic mass is 9.96. The molecule has 0 aromatic heterocycles. The highest BCUT2D eigenvalue weighted by molar-refractivity contribution is 9.10. The molecule has 25 heavy (non-hydrogen) atoms. The zero-order valence-electron chi connectivity index (χ0n) is 14.1. The Labute approximate surface area is 163 Å². The SMILES string of the molecule is Cl.O=C(COc1ccc2cc(Br)ccc2c1)NCCC1CCCNC1. The van der Waals surface area contributed by atoms with E-state index in [-0.39, 0.29) is 24.9 Å². The van der Waals surface area contributed by atoms with E-state index in [0.29, 0.717) is 5.92 Å². The van der Waals surface area contributed by atoms with Crippen molar-refractivity contribution in [2.45, 2.75) is 19.3 Å². The first-order chi connectivity index (χ1) is 11.7. The minimum absolute atomic E-state index is 0. The summed E-state index contributed by atoms with van der Waals surface area (Å²) >= 11 is 3.47. The van der Waals surface area contributed by atoms with Gasteiger partial charge in [0.1, 0.15) is 5.75 Å². The van der Waals surface area contributed by atoms with Crippen molar-refractivity contribution in [1.82, 2.24) is 10.6 Å². The van der Waals surface area contributed by atoms with Gasteiger partial charge in [0, 0.05) is 11.0 Å². The molecule has 4 nitrogen and oxygen atoms in total. The highest BCUT2D eigenvalue weighted by Crippen LogP contribution is 2.24. The van der Waals surface area contributed by atoms with Crippen LogP contribution in [-0.2, 0) is 4.79 Å². The van der Waals surface area contributed by atoms with Gasteiger partial charge >= 0.3 is 0 Å². The minimum atomic E-state index is -0.0605. The second kappa shape index (κ2) is 10.00. The highest BCUT2D eigenvalue weighted by Gasteiger charge is 2.13. The van der Waals surface area contributed by atoms with Crippen LogP contribution >= 0.6 is 28.3 Å². The van der Waals surface area contributed by atoms with Crippen LogP contribution in [0.15, 0.2) is 40.9 Å². The van der Waals surface area contributed by atoms with Crippen molar-refractivity contribution < 1.29 is 9.53 Å². The molecule has 1 atom stereocenters. The minimum Gasteiger partial charge on any atom is -0.484 e. The van der Waals surface area contributed by atoms with Crippen molar-refractivity contribution in [1.29, 1.82) is 0 Å². The molecule has 0 saturated carbocycles. The van der Waals surface area contributed by atoms with Gasteiger partial charge < -0.3 is 15.4 Å². The van der Waals surface area contributed by atoms with Crippen LogP contribution in [0.5, 0.6) is 5.75 Å². The Kier molecular flexibility index (Phi) is 8.00. The lowest BCUT2D eigenvalue weighted by molar-refractivity contribution is -0.123. The molecular weight excluding hydrogens is 404 g/mol. The van der Waals surface area contributed by atoms with Gasteiger partial charge in [0.2, 0.25) is 0 Å². The van der Waals surface area contributed by atoms with Crippen molar-refractivity contribution in [3.05, 3.63) is 40.9 Å². The normalized spacial score (nSPS) is 16.9. The zero-order valence-corrected chi connectivity index (χ0v) is 16.5. The highest BCUT2D eigenvalue weighted by atomic mass is 79.9. The van der Waals surface area contributed by atoms with Crippen molar-refractivity contribution >= 4 is 45.0 Å². The van der Waals surface area contributed by atoms with E-state index in [0.717, 1.165) is 47.0 Å². The fourth-order valence-corrected chi connectivity index (χ4v) is 3.45. The fraction of sp³-hybridized carbons (Fsp3) is 0.421. The van der Waals surface area contributed by atoms with Gasteiger partial charge in [-0.05, 0) is 73.3 Å². The average Bonchev–Trinajstić information content (AvgIpc) is 2.61. The third-order valence-corrected chi connectivity index (χ3v) is 4.91. The van der Waals surface area contributed by atoms with Crippen molar-refractivity contribution in [2.75, 3.05) is 26.2 Å².